The van der Waals surface area contributed by atoms with Crippen LogP contribution in [-0.2, 0) is 4.74 Å². The van der Waals surface area contributed by atoms with Gasteiger partial charge in [-0.2, -0.15) is 0 Å². The minimum atomic E-state index is 0.000344. The molecule has 0 aromatic heterocycles. The molecule has 4 nitrogen and oxygen atoms in total. The van der Waals surface area contributed by atoms with Gasteiger partial charge in [-0.3, -0.25) is 4.90 Å². The van der Waals surface area contributed by atoms with Crippen LogP contribution in [-0.4, -0.2) is 67.8 Å². The van der Waals surface area contributed by atoms with Crippen LogP contribution >= 0.6 is 0 Å². The van der Waals surface area contributed by atoms with Crippen LogP contribution in [0.2, 0.25) is 0 Å². The fourth-order valence-corrected chi connectivity index (χ4v) is 2.46. The molecule has 1 rings (SSSR count). The van der Waals surface area contributed by atoms with Gasteiger partial charge in [0.1, 0.15) is 0 Å². The second kappa shape index (κ2) is 7.43. The molecule has 1 fully saturated rings. The van der Waals surface area contributed by atoms with Crippen molar-refractivity contribution in [2.24, 2.45) is 5.73 Å². The summed E-state index contributed by atoms with van der Waals surface area (Å²) in [6.07, 6.45) is 2.25. The Labute approximate surface area is 112 Å². The van der Waals surface area contributed by atoms with Crippen LogP contribution in [0.3, 0.4) is 0 Å². The molecule has 0 saturated carbocycles. The second-order valence-corrected chi connectivity index (χ2v) is 5.89. The first kappa shape index (κ1) is 15.9. The van der Waals surface area contributed by atoms with Crippen molar-refractivity contribution in [1.82, 2.24) is 9.80 Å². The average molecular weight is 257 g/mol. The number of piperazine rings is 1. The van der Waals surface area contributed by atoms with Crippen molar-refractivity contribution in [2.45, 2.75) is 45.3 Å². The highest BCUT2D eigenvalue weighted by atomic mass is 16.5. The number of rotatable bonds is 7. The van der Waals surface area contributed by atoms with Crippen molar-refractivity contribution < 1.29 is 4.74 Å². The molecular weight excluding hydrogens is 226 g/mol. The Morgan fingerprint density at radius 2 is 1.83 bits per heavy atom. The highest BCUT2D eigenvalue weighted by Crippen LogP contribution is 2.15. The zero-order valence-corrected chi connectivity index (χ0v) is 12.6. The predicted molar refractivity (Wildman–Crippen MR) is 76.9 cm³/mol. The van der Waals surface area contributed by atoms with Gasteiger partial charge in [0.15, 0.2) is 0 Å². The lowest BCUT2D eigenvalue weighted by Crippen LogP contribution is -2.52. The number of nitrogens with two attached hydrogens (primary N) is 1. The average Bonchev–Trinajstić information content (AvgIpc) is 2.39. The van der Waals surface area contributed by atoms with Gasteiger partial charge in [-0.05, 0) is 26.7 Å². The lowest BCUT2D eigenvalue weighted by molar-refractivity contribution is 0.00160. The molecule has 1 aliphatic rings. The molecule has 1 atom stereocenters. The fourth-order valence-electron chi connectivity index (χ4n) is 2.46. The predicted octanol–water partition coefficient (Wildman–Crippen LogP) is 1.16. The van der Waals surface area contributed by atoms with Gasteiger partial charge in [0.2, 0.25) is 0 Å². The number of hydrogen-bond donors (Lipinski definition) is 1. The molecule has 108 valence electrons. The summed E-state index contributed by atoms with van der Waals surface area (Å²) in [5, 5.41) is 0. The number of hydrogen-bond acceptors (Lipinski definition) is 4. The van der Waals surface area contributed by atoms with E-state index in [0.717, 1.165) is 52.1 Å². The summed E-state index contributed by atoms with van der Waals surface area (Å²) in [5.74, 6) is 0. The Morgan fingerprint density at radius 3 is 2.28 bits per heavy atom. The van der Waals surface area contributed by atoms with Gasteiger partial charge in [0.25, 0.3) is 0 Å². The molecule has 4 heteroatoms. The minimum Gasteiger partial charge on any atom is -0.379 e. The Bertz CT molecular complexity index is 221. The molecule has 1 saturated heterocycles. The molecular formula is C14H31N3O. The molecule has 2 N–H and O–H groups in total. The minimum absolute atomic E-state index is 0.000344. The van der Waals surface area contributed by atoms with Gasteiger partial charge in [0, 0.05) is 52.4 Å². The van der Waals surface area contributed by atoms with Crippen molar-refractivity contribution in [3.8, 4) is 0 Å². The lowest BCUT2D eigenvalue weighted by atomic mass is 10.0. The summed E-state index contributed by atoms with van der Waals surface area (Å²) >= 11 is 0. The summed E-state index contributed by atoms with van der Waals surface area (Å²) in [7, 11) is 1.80. The maximum absolute atomic E-state index is 5.81. The molecule has 0 spiro atoms. The number of nitrogens with zero attached hydrogens (tertiary/aromatic N) is 2. The molecule has 0 amide bonds. The highest BCUT2D eigenvalue weighted by molar-refractivity contribution is 4.80. The normalized spacial score (nSPS) is 21.2. The Morgan fingerprint density at radius 1 is 1.22 bits per heavy atom. The largest absolute Gasteiger partial charge is 0.379 e. The Kier molecular flexibility index (Phi) is 6.57. The van der Waals surface area contributed by atoms with E-state index in [2.05, 4.69) is 30.6 Å². The van der Waals surface area contributed by atoms with Gasteiger partial charge < -0.3 is 15.4 Å². The van der Waals surface area contributed by atoms with E-state index >= 15 is 0 Å². The fraction of sp³-hybridized carbons (Fsp3) is 1.00. The van der Waals surface area contributed by atoms with Crippen LogP contribution in [0.4, 0.5) is 0 Å². The molecule has 0 aromatic carbocycles. The Balaban J connectivity index is 2.27. The second-order valence-electron chi connectivity index (χ2n) is 5.89. The van der Waals surface area contributed by atoms with Crippen molar-refractivity contribution in [3.05, 3.63) is 0 Å². The van der Waals surface area contributed by atoms with Gasteiger partial charge >= 0.3 is 0 Å². The summed E-state index contributed by atoms with van der Waals surface area (Å²) in [5.41, 5.74) is 5.81. The quantitative estimate of drug-likeness (QED) is 0.743. The van der Waals surface area contributed by atoms with Crippen molar-refractivity contribution in [2.75, 3.05) is 46.4 Å². The first-order valence-electron chi connectivity index (χ1n) is 7.24. The van der Waals surface area contributed by atoms with Crippen LogP contribution in [0.25, 0.3) is 0 Å². The monoisotopic (exact) mass is 257 g/mol. The summed E-state index contributed by atoms with van der Waals surface area (Å²) in [4.78, 5) is 5.08. The smallest absolute Gasteiger partial charge is 0.0634 e. The van der Waals surface area contributed by atoms with Crippen molar-refractivity contribution in [1.29, 1.82) is 0 Å². The summed E-state index contributed by atoms with van der Waals surface area (Å²) in [6.45, 7) is 13.1. The zero-order chi connectivity index (χ0) is 13.6. The third-order valence-electron chi connectivity index (χ3n) is 4.25. The van der Waals surface area contributed by atoms with Gasteiger partial charge in [0.05, 0.1) is 5.60 Å². The molecule has 1 unspecified atom stereocenters. The third-order valence-corrected chi connectivity index (χ3v) is 4.25. The van der Waals surface area contributed by atoms with Gasteiger partial charge in [-0.15, -0.1) is 0 Å². The standard InChI is InChI=1S/C14H31N3O/c1-5-13(12-15)17-10-8-16(9-11-17)7-6-14(2,3)18-4/h13H,5-12,15H2,1-4H3. The van der Waals surface area contributed by atoms with Crippen LogP contribution < -0.4 is 5.73 Å². The zero-order valence-electron chi connectivity index (χ0n) is 12.6. The number of methoxy groups -OCH3 is 1. The molecule has 0 aliphatic carbocycles. The third kappa shape index (κ3) is 4.84. The van der Waals surface area contributed by atoms with E-state index in [-0.39, 0.29) is 5.60 Å². The molecule has 0 radical (unpaired) electrons. The van der Waals surface area contributed by atoms with E-state index in [0.29, 0.717) is 6.04 Å². The Hall–Kier alpha value is -0.160. The molecule has 1 aliphatic heterocycles. The highest BCUT2D eigenvalue weighted by Gasteiger charge is 2.23. The number of ether oxygens (including phenoxy) is 1. The topological polar surface area (TPSA) is 41.7 Å². The van der Waals surface area contributed by atoms with E-state index in [1.807, 2.05) is 0 Å². The van der Waals surface area contributed by atoms with Crippen LogP contribution in [0.5, 0.6) is 0 Å². The van der Waals surface area contributed by atoms with Gasteiger partial charge in [-0.1, -0.05) is 6.92 Å². The first-order chi connectivity index (χ1) is 8.52. The van der Waals surface area contributed by atoms with Crippen LogP contribution in [0.15, 0.2) is 0 Å². The van der Waals surface area contributed by atoms with Crippen LogP contribution in [0.1, 0.15) is 33.6 Å². The van der Waals surface area contributed by atoms with E-state index in [9.17, 15) is 0 Å². The van der Waals surface area contributed by atoms with E-state index in [1.54, 1.807) is 7.11 Å². The molecule has 0 bridgehead atoms. The first-order valence-corrected chi connectivity index (χ1v) is 7.24. The molecule has 18 heavy (non-hydrogen) atoms. The van der Waals surface area contributed by atoms with Gasteiger partial charge in [-0.25, -0.2) is 0 Å². The lowest BCUT2D eigenvalue weighted by Gasteiger charge is -2.39. The maximum Gasteiger partial charge on any atom is 0.0634 e. The summed E-state index contributed by atoms with van der Waals surface area (Å²) in [6, 6.07) is 0.572. The van der Waals surface area contributed by atoms with Crippen molar-refractivity contribution >= 4 is 0 Å². The van der Waals surface area contributed by atoms with Crippen LogP contribution in [0, 0.1) is 0 Å². The van der Waals surface area contributed by atoms with E-state index in [1.165, 1.54) is 0 Å². The molecule has 0 aromatic rings. The maximum atomic E-state index is 5.81. The van der Waals surface area contributed by atoms with E-state index < -0.39 is 0 Å². The SMILES string of the molecule is CCC(CN)N1CCN(CCC(C)(C)OC)CC1. The summed E-state index contributed by atoms with van der Waals surface area (Å²) < 4.78 is 5.47. The molecule has 1 heterocycles. The van der Waals surface area contributed by atoms with E-state index in [4.69, 9.17) is 10.5 Å². The van der Waals surface area contributed by atoms with Crippen molar-refractivity contribution in [3.63, 3.8) is 0 Å².